The predicted molar refractivity (Wildman–Crippen MR) is 83.9 cm³/mol. The van der Waals surface area contributed by atoms with Crippen LogP contribution in [0.4, 0.5) is 0 Å². The van der Waals surface area contributed by atoms with Crippen molar-refractivity contribution in [1.82, 2.24) is 0 Å². The van der Waals surface area contributed by atoms with Gasteiger partial charge in [0.2, 0.25) is 0 Å². The van der Waals surface area contributed by atoms with Crippen molar-refractivity contribution < 1.29 is 5.21 Å². The molecule has 3 nitrogen and oxygen atoms in total. The van der Waals surface area contributed by atoms with Crippen LogP contribution in [-0.2, 0) is 0 Å². The summed E-state index contributed by atoms with van der Waals surface area (Å²) in [5, 5.41) is 21.7. The van der Waals surface area contributed by atoms with E-state index >= 15 is 0 Å². The molecule has 1 aromatic carbocycles. The van der Waals surface area contributed by atoms with E-state index in [0.717, 1.165) is 11.1 Å². The van der Waals surface area contributed by atoms with E-state index in [2.05, 4.69) is 27.2 Å². The van der Waals surface area contributed by atoms with Gasteiger partial charge >= 0.3 is 0 Å². The number of halogens is 2. The van der Waals surface area contributed by atoms with Gasteiger partial charge in [0.15, 0.2) is 0 Å². The molecule has 0 aliphatic heterocycles. The quantitative estimate of drug-likeness (QED) is 0.460. The molecule has 0 bridgehead atoms. The summed E-state index contributed by atoms with van der Waals surface area (Å²) >= 11 is 9.46. The van der Waals surface area contributed by atoms with Gasteiger partial charge in [-0.3, -0.25) is 0 Å². The number of allylic oxidation sites excluding steroid dienone is 6. The highest BCUT2D eigenvalue weighted by atomic mass is 79.9. The Kier molecular flexibility index (Phi) is 4.43. The summed E-state index contributed by atoms with van der Waals surface area (Å²) in [6, 6.07) is 9.81. The molecule has 1 N–H and O–H groups in total. The average Bonchev–Trinajstić information content (AvgIpc) is 2.45. The third-order valence-corrected chi connectivity index (χ3v) is 3.81. The lowest BCUT2D eigenvalue weighted by molar-refractivity contribution is 0.320. The van der Waals surface area contributed by atoms with Crippen molar-refractivity contribution in [3.8, 4) is 6.07 Å². The molecule has 100 valence electrons. The molecule has 0 radical (unpaired) electrons. The molecule has 0 heterocycles. The molecule has 0 saturated carbocycles. The van der Waals surface area contributed by atoms with Crippen LogP contribution in [0.3, 0.4) is 0 Å². The minimum Gasteiger partial charge on any atom is -0.410 e. The van der Waals surface area contributed by atoms with Crippen LogP contribution < -0.4 is 0 Å². The third-order valence-electron chi connectivity index (χ3n) is 2.87. The smallest absolute Gasteiger partial charge is 0.118 e. The molecule has 1 aliphatic carbocycles. The molecule has 1 aliphatic rings. The van der Waals surface area contributed by atoms with Crippen molar-refractivity contribution in [3.05, 3.63) is 62.6 Å². The molecule has 0 spiro atoms. The minimum atomic E-state index is 0.319. The van der Waals surface area contributed by atoms with Crippen LogP contribution in [0.15, 0.2) is 56.7 Å². The molecule has 0 fully saturated rings. The summed E-state index contributed by atoms with van der Waals surface area (Å²) in [5.74, 6) is 0. The highest BCUT2D eigenvalue weighted by Gasteiger charge is 2.18. The normalized spacial score (nSPS) is 19.2. The first-order valence-corrected chi connectivity index (χ1v) is 6.92. The first kappa shape index (κ1) is 14.6. The van der Waals surface area contributed by atoms with E-state index in [4.69, 9.17) is 16.8 Å². The van der Waals surface area contributed by atoms with Crippen molar-refractivity contribution in [3.63, 3.8) is 0 Å². The Morgan fingerprint density at radius 3 is 2.50 bits per heavy atom. The van der Waals surface area contributed by atoms with Crippen LogP contribution in [-0.4, -0.2) is 10.9 Å². The first-order chi connectivity index (χ1) is 9.56. The maximum Gasteiger partial charge on any atom is 0.118 e. The van der Waals surface area contributed by atoms with Crippen LogP contribution in [0.2, 0.25) is 0 Å². The second kappa shape index (κ2) is 6.08. The highest BCUT2D eigenvalue weighted by Crippen LogP contribution is 2.33. The first-order valence-electron chi connectivity index (χ1n) is 5.75. The minimum absolute atomic E-state index is 0.319. The largest absolute Gasteiger partial charge is 0.410 e. The zero-order chi connectivity index (χ0) is 14.7. The van der Waals surface area contributed by atoms with Crippen LogP contribution in [0.25, 0.3) is 5.57 Å². The fourth-order valence-electron chi connectivity index (χ4n) is 1.81. The maximum atomic E-state index is 9.41. The van der Waals surface area contributed by atoms with E-state index in [1.54, 1.807) is 6.08 Å². The SMILES string of the molecule is Cc1ccc(/C(C#N)=C2C=C(Br)/C(=N/O)C=C/2Cl)cc1. The van der Waals surface area contributed by atoms with E-state index in [1.165, 1.54) is 6.08 Å². The second-order valence-electron chi connectivity index (χ2n) is 4.24. The lowest BCUT2D eigenvalue weighted by Gasteiger charge is -2.12. The standard InChI is InChI=1S/C15H10BrClN2O/c1-9-2-4-10(5-3-9)12(8-18)11-6-13(16)15(19-20)7-14(11)17/h2-7,20H,1H3/b12-11-,19-15+. The van der Waals surface area contributed by atoms with Crippen molar-refractivity contribution in [2.45, 2.75) is 6.92 Å². The zero-order valence-electron chi connectivity index (χ0n) is 10.6. The molecule has 0 unspecified atom stereocenters. The summed E-state index contributed by atoms with van der Waals surface area (Å²) in [6.07, 6.45) is 3.18. The van der Waals surface area contributed by atoms with E-state index in [9.17, 15) is 5.26 Å². The monoisotopic (exact) mass is 348 g/mol. The maximum absolute atomic E-state index is 9.41. The Labute approximate surface area is 130 Å². The molecule has 20 heavy (non-hydrogen) atoms. The number of hydrogen-bond donors (Lipinski definition) is 1. The summed E-state index contributed by atoms with van der Waals surface area (Å²) in [7, 11) is 0. The summed E-state index contributed by atoms with van der Waals surface area (Å²) in [5.41, 5.74) is 3.30. The Balaban J connectivity index is 2.61. The third kappa shape index (κ3) is 2.84. The molecule has 0 amide bonds. The Hall–Kier alpha value is -1.83. The average molecular weight is 350 g/mol. The van der Waals surface area contributed by atoms with Gasteiger partial charge in [0.05, 0.1) is 10.6 Å². The lowest BCUT2D eigenvalue weighted by Crippen LogP contribution is -2.03. The van der Waals surface area contributed by atoms with Crippen molar-refractivity contribution in [2.75, 3.05) is 0 Å². The van der Waals surface area contributed by atoms with Gasteiger partial charge in [-0.2, -0.15) is 5.26 Å². The number of nitrogens with zero attached hydrogens (tertiary/aromatic N) is 2. The Bertz CT molecular complexity index is 706. The summed E-state index contributed by atoms with van der Waals surface area (Å²) < 4.78 is 0.569. The molecular formula is C15H10BrClN2O. The van der Waals surface area contributed by atoms with E-state index in [-0.39, 0.29) is 0 Å². The summed E-state index contributed by atoms with van der Waals surface area (Å²) in [4.78, 5) is 0. The van der Waals surface area contributed by atoms with E-state index in [0.29, 0.717) is 26.4 Å². The molecular weight excluding hydrogens is 340 g/mol. The van der Waals surface area contributed by atoms with Gasteiger partial charge in [-0.05, 0) is 40.6 Å². The van der Waals surface area contributed by atoms with Gasteiger partial charge < -0.3 is 5.21 Å². The van der Waals surface area contributed by atoms with Crippen LogP contribution in [0.1, 0.15) is 11.1 Å². The van der Waals surface area contributed by atoms with Gasteiger partial charge in [0, 0.05) is 10.1 Å². The number of benzene rings is 1. The van der Waals surface area contributed by atoms with Gasteiger partial charge in [0.1, 0.15) is 11.8 Å². The predicted octanol–water partition coefficient (Wildman–Crippen LogP) is 4.52. The molecule has 2 rings (SSSR count). The fourth-order valence-corrected chi connectivity index (χ4v) is 2.48. The van der Waals surface area contributed by atoms with Crippen molar-refractivity contribution in [1.29, 1.82) is 5.26 Å². The fraction of sp³-hybridized carbons (Fsp3) is 0.0667. The zero-order valence-corrected chi connectivity index (χ0v) is 12.9. The summed E-state index contributed by atoms with van der Waals surface area (Å²) in [6.45, 7) is 1.98. The molecule has 0 atom stereocenters. The highest BCUT2D eigenvalue weighted by molar-refractivity contribution is 9.12. The number of oxime groups is 1. The van der Waals surface area contributed by atoms with Crippen molar-refractivity contribution >= 4 is 38.8 Å². The Morgan fingerprint density at radius 1 is 1.30 bits per heavy atom. The second-order valence-corrected chi connectivity index (χ2v) is 5.50. The number of hydrogen-bond acceptors (Lipinski definition) is 3. The van der Waals surface area contributed by atoms with Crippen LogP contribution in [0.5, 0.6) is 0 Å². The topological polar surface area (TPSA) is 56.4 Å². The molecule has 1 aromatic rings. The number of rotatable bonds is 1. The number of aryl methyl sites for hydroxylation is 1. The molecule has 0 aromatic heterocycles. The van der Waals surface area contributed by atoms with Crippen LogP contribution >= 0.6 is 27.5 Å². The van der Waals surface area contributed by atoms with Gasteiger partial charge in [0.25, 0.3) is 0 Å². The lowest BCUT2D eigenvalue weighted by atomic mass is 9.96. The van der Waals surface area contributed by atoms with E-state index < -0.39 is 0 Å². The Morgan fingerprint density at radius 2 is 1.95 bits per heavy atom. The van der Waals surface area contributed by atoms with Crippen molar-refractivity contribution in [2.24, 2.45) is 5.16 Å². The van der Waals surface area contributed by atoms with Gasteiger partial charge in [-0.25, -0.2) is 0 Å². The van der Waals surface area contributed by atoms with Gasteiger partial charge in [-0.1, -0.05) is 46.6 Å². The molecule has 5 heteroatoms. The van der Waals surface area contributed by atoms with E-state index in [1.807, 2.05) is 31.2 Å². The van der Waals surface area contributed by atoms with Crippen LogP contribution in [0, 0.1) is 18.3 Å². The molecule has 0 saturated heterocycles. The number of nitriles is 1. The van der Waals surface area contributed by atoms with Gasteiger partial charge in [-0.15, -0.1) is 0 Å².